The second-order valence-corrected chi connectivity index (χ2v) is 4.39. The Balaban J connectivity index is 2.09. The average Bonchev–Trinajstić information content (AvgIpc) is 2.70. The number of imidazole rings is 1. The van der Waals surface area contributed by atoms with Crippen LogP contribution >= 0.6 is 11.6 Å². The summed E-state index contributed by atoms with van der Waals surface area (Å²) in [5.74, 6) is 0.333. The van der Waals surface area contributed by atoms with Crippen LogP contribution in [-0.2, 0) is 6.54 Å². The molecule has 6 heteroatoms. The van der Waals surface area contributed by atoms with E-state index >= 15 is 0 Å². The molecule has 0 atom stereocenters. The van der Waals surface area contributed by atoms with Gasteiger partial charge in [-0.2, -0.15) is 0 Å². The van der Waals surface area contributed by atoms with Crippen LogP contribution in [0.5, 0.6) is 0 Å². The van der Waals surface area contributed by atoms with E-state index in [1.165, 1.54) is 0 Å². The monoisotopic (exact) mass is 273 g/mol. The Morgan fingerprint density at radius 1 is 1.39 bits per heavy atom. The first-order chi connectivity index (χ1) is 8.69. The summed E-state index contributed by atoms with van der Waals surface area (Å²) in [5.41, 5.74) is 1.59. The molecule has 0 aliphatic rings. The van der Waals surface area contributed by atoms with Crippen LogP contribution in [-0.4, -0.2) is 39.7 Å². The van der Waals surface area contributed by atoms with Gasteiger partial charge in [0.2, 0.25) is 0 Å². The van der Waals surface area contributed by atoms with Crippen LogP contribution in [0, 0.1) is 0 Å². The zero-order chi connectivity index (χ0) is 13.0. The Hall–Kier alpha value is -1.20. The van der Waals surface area contributed by atoms with Crippen LogP contribution in [0.2, 0.25) is 0 Å². The maximum absolute atomic E-state index is 12.4. The van der Waals surface area contributed by atoms with Crippen LogP contribution in [0.4, 0.5) is 8.78 Å². The van der Waals surface area contributed by atoms with E-state index in [9.17, 15) is 8.78 Å². The fourth-order valence-corrected chi connectivity index (χ4v) is 2.08. The number of aromatic nitrogens is 2. The molecule has 18 heavy (non-hydrogen) atoms. The summed E-state index contributed by atoms with van der Waals surface area (Å²) in [4.78, 5) is 5.99. The van der Waals surface area contributed by atoms with E-state index in [0.29, 0.717) is 19.0 Å². The molecule has 0 fully saturated rings. The van der Waals surface area contributed by atoms with Crippen LogP contribution in [0.1, 0.15) is 5.69 Å². The number of hydrogen-bond acceptors (Lipinski definition) is 2. The van der Waals surface area contributed by atoms with Gasteiger partial charge in [-0.25, -0.2) is 13.8 Å². The first kappa shape index (κ1) is 13.2. The Morgan fingerprint density at radius 2 is 2.22 bits per heavy atom. The fourth-order valence-electron chi connectivity index (χ4n) is 1.84. The molecule has 2 rings (SSSR count). The molecule has 2 aromatic rings. The number of halogens is 3. The molecule has 2 heterocycles. The molecule has 0 radical (unpaired) electrons. The van der Waals surface area contributed by atoms with Gasteiger partial charge in [-0.3, -0.25) is 4.90 Å². The van der Waals surface area contributed by atoms with Crippen LogP contribution in [0.3, 0.4) is 0 Å². The summed E-state index contributed by atoms with van der Waals surface area (Å²) < 4.78 is 26.7. The van der Waals surface area contributed by atoms with Crippen molar-refractivity contribution in [2.75, 3.05) is 19.0 Å². The molecule has 0 aromatic carbocycles. The highest BCUT2D eigenvalue weighted by Gasteiger charge is 2.13. The van der Waals surface area contributed by atoms with Gasteiger partial charge in [0, 0.05) is 31.4 Å². The SMILES string of the molecule is FC(F)CN(CCCl)Cc1cn2ccccc2n1. The number of alkyl halides is 3. The van der Waals surface area contributed by atoms with E-state index in [1.807, 2.05) is 35.0 Å². The van der Waals surface area contributed by atoms with Crippen molar-refractivity contribution in [3.8, 4) is 0 Å². The Morgan fingerprint density at radius 3 is 2.89 bits per heavy atom. The third-order valence-corrected chi connectivity index (χ3v) is 2.77. The van der Waals surface area contributed by atoms with Crippen molar-refractivity contribution in [1.82, 2.24) is 14.3 Å². The lowest BCUT2D eigenvalue weighted by molar-refractivity contribution is 0.0873. The number of fused-ring (bicyclic) bond motifs is 1. The maximum atomic E-state index is 12.4. The van der Waals surface area contributed by atoms with Gasteiger partial charge < -0.3 is 4.40 Å². The normalized spacial score (nSPS) is 11.8. The minimum absolute atomic E-state index is 0.277. The Kier molecular flexibility index (Phi) is 4.49. The van der Waals surface area contributed by atoms with Crippen molar-refractivity contribution < 1.29 is 8.78 Å². The predicted octanol–water partition coefficient (Wildman–Crippen LogP) is 2.64. The summed E-state index contributed by atoms with van der Waals surface area (Å²) in [7, 11) is 0. The summed E-state index contributed by atoms with van der Waals surface area (Å²) in [6, 6.07) is 5.67. The number of nitrogens with zero attached hydrogens (tertiary/aromatic N) is 3. The molecule has 0 saturated carbocycles. The van der Waals surface area contributed by atoms with Crippen molar-refractivity contribution in [3.05, 3.63) is 36.3 Å². The molecule has 2 aromatic heterocycles. The Bertz CT molecular complexity index is 468. The molecule has 0 unspecified atom stereocenters. The summed E-state index contributed by atoms with van der Waals surface area (Å²) in [6.07, 6.45) is 1.37. The van der Waals surface area contributed by atoms with Gasteiger partial charge >= 0.3 is 0 Å². The van der Waals surface area contributed by atoms with Gasteiger partial charge in [0.05, 0.1) is 12.2 Å². The number of hydrogen-bond donors (Lipinski definition) is 0. The van der Waals surface area contributed by atoms with E-state index in [1.54, 1.807) is 4.90 Å². The minimum atomic E-state index is -2.36. The van der Waals surface area contributed by atoms with E-state index in [4.69, 9.17) is 11.6 Å². The lowest BCUT2D eigenvalue weighted by Crippen LogP contribution is -2.30. The molecule has 0 spiro atoms. The standard InChI is InChI=1S/C12H14ClF2N3/c13-4-6-17(9-11(14)15)7-10-8-18-5-2-1-3-12(18)16-10/h1-3,5,8,11H,4,6-7,9H2. The highest BCUT2D eigenvalue weighted by atomic mass is 35.5. The summed E-state index contributed by atoms with van der Waals surface area (Å²) in [6.45, 7) is 0.541. The van der Waals surface area contributed by atoms with Gasteiger partial charge in [-0.1, -0.05) is 6.07 Å². The van der Waals surface area contributed by atoms with E-state index in [-0.39, 0.29) is 6.54 Å². The van der Waals surface area contributed by atoms with Crippen molar-refractivity contribution in [2.24, 2.45) is 0 Å². The summed E-state index contributed by atoms with van der Waals surface area (Å²) >= 11 is 5.61. The van der Waals surface area contributed by atoms with E-state index < -0.39 is 6.43 Å². The van der Waals surface area contributed by atoms with Crippen LogP contribution in [0.25, 0.3) is 5.65 Å². The molecule has 0 bridgehead atoms. The topological polar surface area (TPSA) is 20.5 Å². The second kappa shape index (κ2) is 6.11. The first-order valence-electron chi connectivity index (χ1n) is 5.68. The van der Waals surface area contributed by atoms with Crippen LogP contribution < -0.4 is 0 Å². The quantitative estimate of drug-likeness (QED) is 0.754. The largest absolute Gasteiger partial charge is 0.307 e. The lowest BCUT2D eigenvalue weighted by atomic mass is 10.4. The Labute approximate surface area is 109 Å². The first-order valence-corrected chi connectivity index (χ1v) is 6.21. The zero-order valence-electron chi connectivity index (χ0n) is 9.77. The minimum Gasteiger partial charge on any atom is -0.307 e. The molecular formula is C12H14ClF2N3. The van der Waals surface area contributed by atoms with Crippen molar-refractivity contribution in [1.29, 1.82) is 0 Å². The van der Waals surface area contributed by atoms with E-state index in [0.717, 1.165) is 11.3 Å². The molecule has 0 amide bonds. The van der Waals surface area contributed by atoms with Gasteiger partial charge in [-0.15, -0.1) is 11.6 Å². The molecule has 0 saturated heterocycles. The third-order valence-electron chi connectivity index (χ3n) is 2.60. The molecule has 98 valence electrons. The smallest absolute Gasteiger partial charge is 0.251 e. The molecule has 0 aliphatic heterocycles. The zero-order valence-corrected chi connectivity index (χ0v) is 10.5. The van der Waals surface area contributed by atoms with Crippen molar-refractivity contribution in [3.63, 3.8) is 0 Å². The maximum Gasteiger partial charge on any atom is 0.251 e. The van der Waals surface area contributed by atoms with Gasteiger partial charge in [-0.05, 0) is 12.1 Å². The highest BCUT2D eigenvalue weighted by Crippen LogP contribution is 2.09. The van der Waals surface area contributed by atoms with Crippen LogP contribution in [0.15, 0.2) is 30.6 Å². The number of rotatable bonds is 6. The number of pyridine rings is 1. The van der Waals surface area contributed by atoms with Gasteiger partial charge in [0.15, 0.2) is 0 Å². The van der Waals surface area contributed by atoms with E-state index in [2.05, 4.69) is 4.98 Å². The second-order valence-electron chi connectivity index (χ2n) is 4.01. The highest BCUT2D eigenvalue weighted by molar-refractivity contribution is 6.18. The fraction of sp³-hybridized carbons (Fsp3) is 0.417. The van der Waals surface area contributed by atoms with Gasteiger partial charge in [0.1, 0.15) is 5.65 Å². The van der Waals surface area contributed by atoms with Gasteiger partial charge in [0.25, 0.3) is 6.43 Å². The predicted molar refractivity (Wildman–Crippen MR) is 67.2 cm³/mol. The van der Waals surface area contributed by atoms with Crippen molar-refractivity contribution >= 4 is 17.2 Å². The summed E-state index contributed by atoms with van der Waals surface area (Å²) in [5, 5.41) is 0. The molecular weight excluding hydrogens is 260 g/mol. The van der Waals surface area contributed by atoms with Crippen molar-refractivity contribution in [2.45, 2.75) is 13.0 Å². The third kappa shape index (κ3) is 3.40. The molecule has 3 nitrogen and oxygen atoms in total. The lowest BCUT2D eigenvalue weighted by Gasteiger charge is -2.19. The average molecular weight is 274 g/mol. The molecule has 0 N–H and O–H groups in total. The molecule has 0 aliphatic carbocycles.